The second-order valence-electron chi connectivity index (χ2n) is 4.87. The van der Waals surface area contributed by atoms with Gasteiger partial charge in [-0.25, -0.2) is 0 Å². The minimum absolute atomic E-state index is 0.0855. The average molecular weight is 263 g/mol. The largest absolute Gasteiger partial charge is 0.308 e. The summed E-state index contributed by atoms with van der Waals surface area (Å²) in [5.41, 5.74) is 3.49. The van der Waals surface area contributed by atoms with Gasteiger partial charge in [0.15, 0.2) is 0 Å². The number of aryl methyl sites for hydroxylation is 1. The summed E-state index contributed by atoms with van der Waals surface area (Å²) in [6, 6.07) is 12.5. The van der Waals surface area contributed by atoms with E-state index in [0.717, 1.165) is 11.1 Å². The second kappa shape index (κ2) is 5.39. The molecule has 1 atom stereocenters. The molecule has 3 nitrogen and oxygen atoms in total. The van der Waals surface area contributed by atoms with Gasteiger partial charge in [0.05, 0.1) is 11.7 Å². The molecule has 2 heterocycles. The third-order valence-corrected chi connectivity index (χ3v) is 3.64. The van der Waals surface area contributed by atoms with Crippen molar-refractivity contribution in [3.63, 3.8) is 0 Å². The fourth-order valence-corrected chi connectivity index (χ4v) is 2.64. The molecule has 0 bridgehead atoms. The summed E-state index contributed by atoms with van der Waals surface area (Å²) in [4.78, 5) is 8.75. The first-order valence-corrected chi connectivity index (χ1v) is 6.72. The molecule has 0 saturated heterocycles. The van der Waals surface area contributed by atoms with E-state index >= 15 is 0 Å². The van der Waals surface area contributed by atoms with Crippen molar-refractivity contribution in [3.8, 4) is 0 Å². The molecule has 0 aliphatic rings. The van der Waals surface area contributed by atoms with Gasteiger partial charge in [0, 0.05) is 24.0 Å². The SMILES string of the molecule is CNC(c1ncccc1C)c1cccc2cnccc12. The van der Waals surface area contributed by atoms with Crippen LogP contribution in [-0.4, -0.2) is 17.0 Å². The quantitative estimate of drug-likeness (QED) is 0.788. The molecule has 0 radical (unpaired) electrons. The van der Waals surface area contributed by atoms with Crippen molar-refractivity contribution in [2.75, 3.05) is 7.05 Å². The fraction of sp³-hybridized carbons (Fsp3) is 0.176. The molecule has 3 rings (SSSR count). The van der Waals surface area contributed by atoms with Gasteiger partial charge in [-0.15, -0.1) is 0 Å². The molecule has 0 saturated carbocycles. The van der Waals surface area contributed by atoms with Crippen molar-refractivity contribution < 1.29 is 0 Å². The molecule has 2 aromatic heterocycles. The molecule has 1 unspecified atom stereocenters. The van der Waals surface area contributed by atoms with Crippen LogP contribution in [0.2, 0.25) is 0 Å². The smallest absolute Gasteiger partial charge is 0.0757 e. The lowest BCUT2D eigenvalue weighted by Crippen LogP contribution is -2.20. The van der Waals surface area contributed by atoms with Gasteiger partial charge in [-0.1, -0.05) is 24.3 Å². The number of aromatic nitrogens is 2. The van der Waals surface area contributed by atoms with Crippen LogP contribution >= 0.6 is 0 Å². The van der Waals surface area contributed by atoms with Crippen LogP contribution in [0.3, 0.4) is 0 Å². The number of hydrogen-bond acceptors (Lipinski definition) is 3. The average Bonchev–Trinajstić information content (AvgIpc) is 2.50. The first-order chi connectivity index (χ1) is 9.81. The van der Waals surface area contributed by atoms with E-state index in [1.165, 1.54) is 16.5 Å². The highest BCUT2D eigenvalue weighted by Gasteiger charge is 2.17. The predicted octanol–water partition coefficient (Wildman–Crippen LogP) is 3.25. The normalized spacial score (nSPS) is 12.5. The van der Waals surface area contributed by atoms with Gasteiger partial charge in [0.1, 0.15) is 0 Å². The van der Waals surface area contributed by atoms with E-state index in [1.54, 1.807) is 0 Å². The van der Waals surface area contributed by atoms with Crippen LogP contribution in [0.5, 0.6) is 0 Å². The van der Waals surface area contributed by atoms with Gasteiger partial charge in [-0.3, -0.25) is 9.97 Å². The summed E-state index contributed by atoms with van der Waals surface area (Å²) >= 11 is 0. The summed E-state index contributed by atoms with van der Waals surface area (Å²) in [7, 11) is 1.97. The van der Waals surface area contributed by atoms with Crippen LogP contribution in [0.1, 0.15) is 22.9 Å². The summed E-state index contributed by atoms with van der Waals surface area (Å²) in [5.74, 6) is 0. The minimum Gasteiger partial charge on any atom is -0.308 e. The fourth-order valence-electron chi connectivity index (χ4n) is 2.64. The molecule has 0 aliphatic carbocycles. The van der Waals surface area contributed by atoms with Crippen molar-refractivity contribution in [1.82, 2.24) is 15.3 Å². The lowest BCUT2D eigenvalue weighted by atomic mass is 9.95. The Kier molecular flexibility index (Phi) is 3.44. The third-order valence-electron chi connectivity index (χ3n) is 3.64. The molecule has 1 aromatic carbocycles. The zero-order valence-electron chi connectivity index (χ0n) is 11.7. The Morgan fingerprint density at radius 2 is 1.95 bits per heavy atom. The second-order valence-corrected chi connectivity index (χ2v) is 4.87. The Balaban J connectivity index is 2.20. The molecule has 0 amide bonds. The number of pyridine rings is 2. The number of hydrogen-bond donors (Lipinski definition) is 1. The van der Waals surface area contributed by atoms with Gasteiger partial charge in [0.25, 0.3) is 0 Å². The Bertz CT molecular complexity index is 732. The lowest BCUT2D eigenvalue weighted by Gasteiger charge is -2.19. The topological polar surface area (TPSA) is 37.8 Å². The summed E-state index contributed by atoms with van der Waals surface area (Å²) in [6.45, 7) is 2.10. The number of rotatable bonds is 3. The van der Waals surface area contributed by atoms with E-state index in [-0.39, 0.29) is 6.04 Å². The first kappa shape index (κ1) is 12.8. The van der Waals surface area contributed by atoms with Gasteiger partial charge < -0.3 is 5.32 Å². The van der Waals surface area contributed by atoms with Crippen LogP contribution in [0.4, 0.5) is 0 Å². The first-order valence-electron chi connectivity index (χ1n) is 6.72. The standard InChI is InChI=1S/C17H17N3/c1-12-5-4-9-20-16(12)17(18-2)15-7-3-6-13-11-19-10-8-14(13)15/h3-11,17-18H,1-2H3. The van der Waals surface area contributed by atoms with Crippen molar-refractivity contribution in [1.29, 1.82) is 0 Å². The summed E-state index contributed by atoms with van der Waals surface area (Å²) in [5, 5.41) is 5.75. The van der Waals surface area contributed by atoms with Gasteiger partial charge in [0.2, 0.25) is 0 Å². The summed E-state index contributed by atoms with van der Waals surface area (Å²) in [6.07, 6.45) is 5.58. The molecule has 100 valence electrons. The zero-order valence-corrected chi connectivity index (χ0v) is 11.7. The van der Waals surface area contributed by atoms with Gasteiger partial charge in [-0.2, -0.15) is 0 Å². The molecule has 20 heavy (non-hydrogen) atoms. The van der Waals surface area contributed by atoms with Crippen LogP contribution in [-0.2, 0) is 0 Å². The van der Waals surface area contributed by atoms with E-state index in [0.29, 0.717) is 0 Å². The molecule has 0 spiro atoms. The van der Waals surface area contributed by atoms with Gasteiger partial charge in [-0.05, 0) is 42.6 Å². The predicted molar refractivity (Wildman–Crippen MR) is 81.6 cm³/mol. The van der Waals surface area contributed by atoms with Crippen molar-refractivity contribution >= 4 is 10.8 Å². The molecular formula is C17H17N3. The Hall–Kier alpha value is -2.26. The monoisotopic (exact) mass is 263 g/mol. The molecule has 0 aliphatic heterocycles. The molecular weight excluding hydrogens is 246 g/mol. The van der Waals surface area contributed by atoms with Crippen LogP contribution < -0.4 is 5.32 Å². The third kappa shape index (κ3) is 2.17. The number of nitrogens with zero attached hydrogens (tertiary/aromatic N) is 2. The van der Waals surface area contributed by atoms with Crippen LogP contribution in [0, 0.1) is 6.92 Å². The van der Waals surface area contributed by atoms with E-state index in [4.69, 9.17) is 0 Å². The maximum absolute atomic E-state index is 4.55. The Morgan fingerprint density at radius 1 is 1.05 bits per heavy atom. The highest BCUT2D eigenvalue weighted by atomic mass is 14.9. The van der Waals surface area contributed by atoms with Crippen molar-refractivity contribution in [2.45, 2.75) is 13.0 Å². The van der Waals surface area contributed by atoms with Crippen molar-refractivity contribution in [2.24, 2.45) is 0 Å². The Labute approximate surface area is 118 Å². The van der Waals surface area contributed by atoms with E-state index in [2.05, 4.69) is 52.5 Å². The molecule has 3 heteroatoms. The molecule has 1 N–H and O–H groups in total. The van der Waals surface area contributed by atoms with E-state index < -0.39 is 0 Å². The molecule has 0 fully saturated rings. The van der Waals surface area contributed by atoms with Gasteiger partial charge >= 0.3 is 0 Å². The van der Waals surface area contributed by atoms with Crippen LogP contribution in [0.15, 0.2) is 55.0 Å². The highest BCUT2D eigenvalue weighted by Crippen LogP contribution is 2.28. The number of benzene rings is 1. The maximum atomic E-state index is 4.55. The summed E-state index contributed by atoms with van der Waals surface area (Å²) < 4.78 is 0. The van der Waals surface area contributed by atoms with E-state index in [9.17, 15) is 0 Å². The van der Waals surface area contributed by atoms with Crippen molar-refractivity contribution in [3.05, 3.63) is 71.8 Å². The number of nitrogens with one attached hydrogen (secondary N) is 1. The zero-order chi connectivity index (χ0) is 13.9. The highest BCUT2D eigenvalue weighted by molar-refractivity contribution is 5.85. The lowest BCUT2D eigenvalue weighted by molar-refractivity contribution is 0.670. The minimum atomic E-state index is 0.0855. The molecule has 3 aromatic rings. The maximum Gasteiger partial charge on any atom is 0.0757 e. The van der Waals surface area contributed by atoms with E-state index in [1.807, 2.05) is 31.7 Å². The Morgan fingerprint density at radius 3 is 2.75 bits per heavy atom. The van der Waals surface area contributed by atoms with Crippen LogP contribution in [0.25, 0.3) is 10.8 Å². The number of fused-ring (bicyclic) bond motifs is 1.